The molecule has 1 rings (SSSR count). The summed E-state index contributed by atoms with van der Waals surface area (Å²) in [5.41, 5.74) is 0.655. The number of nitrogens with zero attached hydrogens (tertiary/aromatic N) is 2. The van der Waals surface area contributed by atoms with Crippen LogP contribution < -0.4 is 5.32 Å². The maximum absolute atomic E-state index is 11.6. The highest BCUT2D eigenvalue weighted by Gasteiger charge is 2.10. The fraction of sp³-hybridized carbons (Fsp3) is 0.364. The third-order valence-electron chi connectivity index (χ3n) is 2.24. The molecular weight excluding hydrogens is 238 g/mol. The van der Waals surface area contributed by atoms with Gasteiger partial charge in [-0.3, -0.25) is 9.00 Å². The van der Waals surface area contributed by atoms with Crippen molar-refractivity contribution in [1.82, 2.24) is 10.3 Å². The summed E-state index contributed by atoms with van der Waals surface area (Å²) in [6, 6.07) is 4.94. The maximum Gasteiger partial charge on any atom is 0.269 e. The summed E-state index contributed by atoms with van der Waals surface area (Å²) in [5, 5.41) is 11.1. The first-order valence-electron chi connectivity index (χ1n) is 5.01. The first kappa shape index (κ1) is 13.3. The molecule has 90 valence electrons. The summed E-state index contributed by atoms with van der Waals surface area (Å²) in [5.74, 6) is -0.327. The normalized spacial score (nSPS) is 13.5. The Labute approximate surface area is 102 Å². The van der Waals surface area contributed by atoms with E-state index in [2.05, 4.69) is 10.3 Å². The van der Waals surface area contributed by atoms with Crippen molar-refractivity contribution >= 4 is 16.7 Å². The zero-order valence-corrected chi connectivity index (χ0v) is 10.5. The molecule has 5 nitrogen and oxygen atoms in total. The minimum Gasteiger partial charge on any atom is -0.350 e. The van der Waals surface area contributed by atoms with Crippen LogP contribution in [-0.2, 0) is 10.8 Å². The molecule has 0 saturated carbocycles. The lowest BCUT2D eigenvalue weighted by atomic mass is 10.2. The summed E-state index contributed by atoms with van der Waals surface area (Å²) in [6.45, 7) is 2.13. The van der Waals surface area contributed by atoms with Crippen LogP contribution in [0.2, 0.25) is 0 Å². The first-order valence-corrected chi connectivity index (χ1v) is 6.63. The van der Waals surface area contributed by atoms with Crippen molar-refractivity contribution in [3.8, 4) is 6.07 Å². The van der Waals surface area contributed by atoms with E-state index in [0.29, 0.717) is 12.1 Å². The molecule has 1 aromatic rings. The van der Waals surface area contributed by atoms with Crippen LogP contribution in [0.3, 0.4) is 0 Å². The van der Waals surface area contributed by atoms with Crippen molar-refractivity contribution in [2.75, 3.05) is 12.8 Å². The van der Waals surface area contributed by atoms with E-state index in [4.69, 9.17) is 5.26 Å². The van der Waals surface area contributed by atoms with Gasteiger partial charge in [0, 0.05) is 35.0 Å². The molecule has 0 bridgehead atoms. The molecule has 0 aliphatic heterocycles. The Balaban J connectivity index is 2.58. The molecule has 1 heterocycles. The van der Waals surface area contributed by atoms with Crippen LogP contribution in [0.25, 0.3) is 0 Å². The van der Waals surface area contributed by atoms with Crippen molar-refractivity contribution in [2.45, 2.75) is 12.2 Å². The Bertz CT molecular complexity index is 465. The molecule has 0 aromatic carbocycles. The zero-order chi connectivity index (χ0) is 12.8. The highest BCUT2D eigenvalue weighted by atomic mass is 32.2. The fourth-order valence-corrected chi connectivity index (χ4v) is 1.36. The summed E-state index contributed by atoms with van der Waals surface area (Å²) in [4.78, 5) is 15.5. The summed E-state index contributed by atoms with van der Waals surface area (Å²) in [7, 11) is -0.966. The predicted octanol–water partition coefficient (Wildman–Crippen LogP) is 0.450. The Morgan fingerprint density at radius 3 is 2.82 bits per heavy atom. The van der Waals surface area contributed by atoms with E-state index in [1.165, 1.54) is 18.3 Å². The van der Waals surface area contributed by atoms with E-state index in [9.17, 15) is 9.00 Å². The van der Waals surface area contributed by atoms with Gasteiger partial charge >= 0.3 is 0 Å². The molecule has 0 spiro atoms. The monoisotopic (exact) mass is 251 g/mol. The van der Waals surface area contributed by atoms with Crippen LogP contribution in [0, 0.1) is 11.3 Å². The average molecular weight is 251 g/mol. The van der Waals surface area contributed by atoms with E-state index in [1.807, 2.05) is 6.07 Å². The third kappa shape index (κ3) is 3.96. The first-order chi connectivity index (χ1) is 8.04. The van der Waals surface area contributed by atoms with Crippen LogP contribution in [0.4, 0.5) is 0 Å². The Morgan fingerprint density at radius 1 is 1.65 bits per heavy atom. The van der Waals surface area contributed by atoms with Gasteiger partial charge in [-0.25, -0.2) is 4.98 Å². The molecule has 0 radical (unpaired) electrons. The molecule has 2 atom stereocenters. The molecule has 2 unspecified atom stereocenters. The molecular formula is C11H13N3O2S. The Morgan fingerprint density at radius 2 is 2.35 bits per heavy atom. The van der Waals surface area contributed by atoms with Gasteiger partial charge < -0.3 is 5.32 Å². The Kier molecular flexibility index (Phi) is 4.79. The number of nitrogens with one attached hydrogen (secondary N) is 1. The van der Waals surface area contributed by atoms with Crippen molar-refractivity contribution in [3.63, 3.8) is 0 Å². The third-order valence-corrected chi connectivity index (χ3v) is 3.54. The number of rotatable bonds is 4. The van der Waals surface area contributed by atoms with E-state index in [1.54, 1.807) is 13.2 Å². The molecule has 0 aliphatic carbocycles. The topological polar surface area (TPSA) is 82.8 Å². The summed E-state index contributed by atoms with van der Waals surface area (Å²) < 4.78 is 11.1. The number of carbonyl (C=O) groups excluding carboxylic acids is 1. The fourth-order valence-electron chi connectivity index (χ4n) is 1.04. The molecule has 17 heavy (non-hydrogen) atoms. The SMILES string of the molecule is CC(CNC(=O)c1ccc(C#N)cn1)S(C)=O. The molecule has 1 aromatic heterocycles. The predicted molar refractivity (Wildman–Crippen MR) is 64.8 cm³/mol. The quantitative estimate of drug-likeness (QED) is 0.842. The minimum atomic E-state index is -0.966. The maximum atomic E-state index is 11.6. The molecule has 0 fully saturated rings. The number of aromatic nitrogens is 1. The molecule has 1 N–H and O–H groups in total. The van der Waals surface area contributed by atoms with Crippen LogP contribution in [-0.4, -0.2) is 33.2 Å². The second-order valence-electron chi connectivity index (χ2n) is 3.56. The summed E-state index contributed by atoms with van der Waals surface area (Å²) >= 11 is 0. The van der Waals surface area contributed by atoms with Crippen molar-refractivity contribution in [3.05, 3.63) is 29.6 Å². The van der Waals surface area contributed by atoms with Gasteiger partial charge in [-0.1, -0.05) is 0 Å². The minimum absolute atomic E-state index is 0.0997. The Hall–Kier alpha value is -1.74. The smallest absolute Gasteiger partial charge is 0.269 e. The number of amides is 1. The molecule has 6 heteroatoms. The van der Waals surface area contributed by atoms with Crippen molar-refractivity contribution in [1.29, 1.82) is 5.26 Å². The number of hydrogen-bond acceptors (Lipinski definition) is 4. The van der Waals surface area contributed by atoms with E-state index < -0.39 is 10.8 Å². The number of carbonyl (C=O) groups is 1. The molecule has 1 amide bonds. The van der Waals surface area contributed by atoms with Gasteiger partial charge in [-0.05, 0) is 19.1 Å². The largest absolute Gasteiger partial charge is 0.350 e. The molecule has 0 saturated heterocycles. The average Bonchev–Trinajstić information content (AvgIpc) is 2.35. The number of pyridine rings is 1. The van der Waals surface area contributed by atoms with E-state index in [-0.39, 0.29) is 16.9 Å². The number of hydrogen-bond donors (Lipinski definition) is 1. The van der Waals surface area contributed by atoms with E-state index in [0.717, 1.165) is 0 Å². The van der Waals surface area contributed by atoms with Gasteiger partial charge in [0.15, 0.2) is 0 Å². The lowest BCUT2D eigenvalue weighted by molar-refractivity contribution is 0.0949. The van der Waals surface area contributed by atoms with Gasteiger partial charge in [0.05, 0.1) is 5.56 Å². The lowest BCUT2D eigenvalue weighted by Gasteiger charge is -2.09. The standard InChI is InChI=1S/C11H13N3O2S/c1-8(17(2)16)6-14-11(15)10-4-3-9(5-12)7-13-10/h3-4,7-8H,6H2,1-2H3,(H,14,15). The van der Waals surface area contributed by atoms with Crippen LogP contribution >= 0.6 is 0 Å². The highest BCUT2D eigenvalue weighted by Crippen LogP contribution is 1.99. The summed E-state index contributed by atoms with van der Waals surface area (Å²) in [6.07, 6.45) is 2.94. The van der Waals surface area contributed by atoms with Gasteiger partial charge in [-0.15, -0.1) is 0 Å². The van der Waals surface area contributed by atoms with Crippen molar-refractivity contribution in [2.24, 2.45) is 0 Å². The van der Waals surface area contributed by atoms with Gasteiger partial charge in [0.1, 0.15) is 11.8 Å². The van der Waals surface area contributed by atoms with Crippen LogP contribution in [0.5, 0.6) is 0 Å². The van der Waals surface area contributed by atoms with E-state index >= 15 is 0 Å². The van der Waals surface area contributed by atoms with Crippen LogP contribution in [0.15, 0.2) is 18.3 Å². The van der Waals surface area contributed by atoms with Gasteiger partial charge in [-0.2, -0.15) is 5.26 Å². The van der Waals surface area contributed by atoms with Crippen LogP contribution in [0.1, 0.15) is 23.0 Å². The van der Waals surface area contributed by atoms with Gasteiger partial charge in [0.2, 0.25) is 0 Å². The lowest BCUT2D eigenvalue weighted by Crippen LogP contribution is -2.33. The zero-order valence-electron chi connectivity index (χ0n) is 9.64. The number of nitriles is 1. The molecule has 0 aliphatic rings. The van der Waals surface area contributed by atoms with Gasteiger partial charge in [0.25, 0.3) is 5.91 Å². The highest BCUT2D eigenvalue weighted by molar-refractivity contribution is 7.84. The second-order valence-corrected chi connectivity index (χ2v) is 5.37. The second kappa shape index (κ2) is 6.11. The van der Waals surface area contributed by atoms with Crippen molar-refractivity contribution < 1.29 is 9.00 Å².